The molecule has 3 heteroatoms. The van der Waals surface area contributed by atoms with Crippen molar-refractivity contribution >= 4 is 0 Å². The van der Waals surface area contributed by atoms with E-state index in [1.165, 1.54) is 38.5 Å². The summed E-state index contributed by atoms with van der Waals surface area (Å²) in [5, 5.41) is 3.71. The molecule has 3 rings (SSSR count). The van der Waals surface area contributed by atoms with E-state index < -0.39 is 0 Å². The van der Waals surface area contributed by atoms with E-state index in [1.54, 1.807) is 0 Å². The van der Waals surface area contributed by atoms with Crippen LogP contribution in [0.4, 0.5) is 0 Å². The molecule has 0 bridgehead atoms. The van der Waals surface area contributed by atoms with Crippen molar-refractivity contribution in [2.45, 2.75) is 62.8 Å². The zero-order valence-electron chi connectivity index (χ0n) is 9.32. The van der Waals surface area contributed by atoms with Crippen LogP contribution in [-0.2, 0) is 4.74 Å². The van der Waals surface area contributed by atoms with Crippen molar-refractivity contribution in [3.63, 3.8) is 0 Å². The van der Waals surface area contributed by atoms with Gasteiger partial charge in [-0.05, 0) is 25.7 Å². The number of hydrogen-bond donors (Lipinski definition) is 2. The molecule has 0 spiro atoms. The first-order chi connectivity index (χ1) is 7.36. The fourth-order valence-electron chi connectivity index (χ4n) is 3.52. The lowest BCUT2D eigenvalue weighted by molar-refractivity contribution is -0.122. The summed E-state index contributed by atoms with van der Waals surface area (Å²) in [6, 6.07) is 1.50. The minimum atomic E-state index is 0.343. The van der Waals surface area contributed by atoms with Gasteiger partial charge in [0.25, 0.3) is 0 Å². The van der Waals surface area contributed by atoms with Crippen LogP contribution in [0.15, 0.2) is 0 Å². The molecule has 3 N–H and O–H groups in total. The number of nitrogens with one attached hydrogen (secondary N) is 1. The SMILES string of the molecule is NC1C2CCCOC2C1NC1CCCC1. The van der Waals surface area contributed by atoms with Crippen molar-refractivity contribution < 1.29 is 4.74 Å². The quantitative estimate of drug-likeness (QED) is 0.715. The van der Waals surface area contributed by atoms with Gasteiger partial charge in [-0.3, -0.25) is 0 Å². The Labute approximate surface area is 91.7 Å². The Balaban J connectivity index is 1.57. The summed E-state index contributed by atoms with van der Waals surface area (Å²) in [4.78, 5) is 0. The standard InChI is InChI=1S/C12H22N2O/c13-10-9-6-3-7-15-12(9)11(10)14-8-4-1-2-5-8/h8-12,14H,1-7,13H2. The van der Waals surface area contributed by atoms with Crippen LogP contribution in [0.2, 0.25) is 0 Å². The highest BCUT2D eigenvalue weighted by Crippen LogP contribution is 2.37. The maximum absolute atomic E-state index is 6.21. The van der Waals surface area contributed by atoms with Crippen LogP contribution < -0.4 is 11.1 Å². The van der Waals surface area contributed by atoms with Gasteiger partial charge in [0.05, 0.1) is 6.10 Å². The molecule has 4 atom stereocenters. The van der Waals surface area contributed by atoms with E-state index in [9.17, 15) is 0 Å². The average Bonchev–Trinajstić information content (AvgIpc) is 2.78. The molecular formula is C12H22N2O. The smallest absolute Gasteiger partial charge is 0.0786 e. The molecule has 0 radical (unpaired) electrons. The summed E-state index contributed by atoms with van der Waals surface area (Å²) in [5.41, 5.74) is 6.21. The Morgan fingerprint density at radius 1 is 1.07 bits per heavy atom. The predicted octanol–water partition coefficient (Wildman–Crippen LogP) is 1.02. The van der Waals surface area contributed by atoms with Crippen molar-refractivity contribution in [1.82, 2.24) is 5.32 Å². The van der Waals surface area contributed by atoms with Crippen molar-refractivity contribution in [1.29, 1.82) is 0 Å². The lowest BCUT2D eigenvalue weighted by Crippen LogP contribution is -2.72. The van der Waals surface area contributed by atoms with Crippen LogP contribution >= 0.6 is 0 Å². The fourth-order valence-corrected chi connectivity index (χ4v) is 3.52. The van der Waals surface area contributed by atoms with E-state index in [2.05, 4.69) is 5.32 Å². The fraction of sp³-hybridized carbons (Fsp3) is 1.00. The van der Waals surface area contributed by atoms with Gasteiger partial charge in [-0.15, -0.1) is 0 Å². The zero-order valence-corrected chi connectivity index (χ0v) is 9.32. The topological polar surface area (TPSA) is 47.3 Å². The highest BCUT2D eigenvalue weighted by atomic mass is 16.5. The van der Waals surface area contributed by atoms with Gasteiger partial charge in [0, 0.05) is 30.7 Å². The molecule has 3 aliphatic rings. The van der Waals surface area contributed by atoms with E-state index in [1.807, 2.05) is 0 Å². The molecule has 15 heavy (non-hydrogen) atoms. The van der Waals surface area contributed by atoms with E-state index in [0.717, 1.165) is 6.61 Å². The second-order valence-electron chi connectivity index (χ2n) is 5.39. The molecule has 3 fully saturated rings. The Bertz CT molecular complexity index is 228. The third kappa shape index (κ3) is 1.71. The van der Waals surface area contributed by atoms with Crippen molar-refractivity contribution in [2.24, 2.45) is 11.7 Å². The summed E-state index contributed by atoms with van der Waals surface area (Å²) in [5.74, 6) is 0.637. The van der Waals surface area contributed by atoms with Crippen LogP contribution in [0.25, 0.3) is 0 Å². The third-order valence-electron chi connectivity index (χ3n) is 4.46. The number of hydrogen-bond acceptors (Lipinski definition) is 3. The summed E-state index contributed by atoms with van der Waals surface area (Å²) in [6.45, 7) is 0.941. The Morgan fingerprint density at radius 3 is 2.67 bits per heavy atom. The van der Waals surface area contributed by atoms with Crippen LogP contribution in [0.3, 0.4) is 0 Å². The van der Waals surface area contributed by atoms with Crippen molar-refractivity contribution in [3.8, 4) is 0 Å². The predicted molar refractivity (Wildman–Crippen MR) is 59.6 cm³/mol. The molecule has 86 valence electrons. The molecule has 2 saturated carbocycles. The lowest BCUT2D eigenvalue weighted by Gasteiger charge is -2.53. The first-order valence-corrected chi connectivity index (χ1v) is 6.49. The summed E-state index contributed by atoms with van der Waals surface area (Å²) in [6.07, 6.45) is 8.33. The average molecular weight is 210 g/mol. The number of nitrogens with two attached hydrogens (primary N) is 1. The highest BCUT2D eigenvalue weighted by Gasteiger charge is 2.50. The van der Waals surface area contributed by atoms with Crippen LogP contribution in [0.1, 0.15) is 38.5 Å². The van der Waals surface area contributed by atoms with Gasteiger partial charge >= 0.3 is 0 Å². The molecule has 0 aromatic carbocycles. The molecule has 1 saturated heterocycles. The van der Waals surface area contributed by atoms with E-state index in [4.69, 9.17) is 10.5 Å². The van der Waals surface area contributed by atoms with Gasteiger partial charge in [-0.1, -0.05) is 12.8 Å². The van der Waals surface area contributed by atoms with E-state index in [0.29, 0.717) is 30.1 Å². The molecule has 0 amide bonds. The lowest BCUT2D eigenvalue weighted by atomic mass is 9.68. The highest BCUT2D eigenvalue weighted by molar-refractivity contribution is 5.08. The second kappa shape index (κ2) is 4.04. The molecule has 1 aliphatic heterocycles. The zero-order chi connectivity index (χ0) is 10.3. The number of rotatable bonds is 2. The first-order valence-electron chi connectivity index (χ1n) is 6.49. The first kappa shape index (κ1) is 10.1. The second-order valence-corrected chi connectivity index (χ2v) is 5.39. The van der Waals surface area contributed by atoms with E-state index >= 15 is 0 Å². The van der Waals surface area contributed by atoms with Gasteiger partial charge < -0.3 is 15.8 Å². The normalized spacial score (nSPS) is 46.2. The summed E-state index contributed by atoms with van der Waals surface area (Å²) in [7, 11) is 0. The number of ether oxygens (including phenoxy) is 1. The van der Waals surface area contributed by atoms with Gasteiger partial charge in [0.2, 0.25) is 0 Å². The summed E-state index contributed by atoms with van der Waals surface area (Å²) >= 11 is 0. The third-order valence-corrected chi connectivity index (χ3v) is 4.46. The maximum Gasteiger partial charge on any atom is 0.0786 e. The van der Waals surface area contributed by atoms with Gasteiger partial charge in [0.15, 0.2) is 0 Å². The van der Waals surface area contributed by atoms with Crippen molar-refractivity contribution in [3.05, 3.63) is 0 Å². The summed E-state index contributed by atoms with van der Waals surface area (Å²) < 4.78 is 5.83. The van der Waals surface area contributed by atoms with Crippen LogP contribution in [0.5, 0.6) is 0 Å². The van der Waals surface area contributed by atoms with Gasteiger partial charge in [-0.25, -0.2) is 0 Å². The maximum atomic E-state index is 6.21. The minimum Gasteiger partial charge on any atom is -0.376 e. The van der Waals surface area contributed by atoms with Gasteiger partial charge in [0.1, 0.15) is 0 Å². The monoisotopic (exact) mass is 210 g/mol. The number of fused-ring (bicyclic) bond motifs is 1. The molecular weight excluding hydrogens is 188 g/mol. The van der Waals surface area contributed by atoms with E-state index in [-0.39, 0.29) is 0 Å². The van der Waals surface area contributed by atoms with Crippen molar-refractivity contribution in [2.75, 3.05) is 6.61 Å². The molecule has 1 heterocycles. The molecule has 0 aromatic rings. The Kier molecular flexibility index (Phi) is 2.71. The molecule has 2 aliphatic carbocycles. The molecule has 3 nitrogen and oxygen atoms in total. The van der Waals surface area contributed by atoms with Crippen LogP contribution in [-0.4, -0.2) is 30.8 Å². The Hall–Kier alpha value is -0.120. The largest absolute Gasteiger partial charge is 0.376 e. The van der Waals surface area contributed by atoms with Gasteiger partial charge in [-0.2, -0.15) is 0 Å². The minimum absolute atomic E-state index is 0.343. The molecule has 0 aromatic heterocycles. The van der Waals surface area contributed by atoms with Crippen LogP contribution in [0, 0.1) is 5.92 Å². The molecule has 4 unspecified atom stereocenters. The Morgan fingerprint density at radius 2 is 1.87 bits per heavy atom.